The van der Waals surface area contributed by atoms with Gasteiger partial charge in [0.15, 0.2) is 0 Å². The molecule has 12 aromatic carbocycles. The highest BCUT2D eigenvalue weighted by Crippen LogP contribution is 2.45. The lowest BCUT2D eigenvalue weighted by Gasteiger charge is -2.28. The number of hydrogen-bond donors (Lipinski definition) is 0. The van der Waals surface area contributed by atoms with Crippen LogP contribution in [0.5, 0.6) is 0 Å². The highest BCUT2D eigenvalue weighted by Gasteiger charge is 2.20. The van der Waals surface area contributed by atoms with Gasteiger partial charge in [-0.25, -0.2) is 0 Å². The molecule has 0 radical (unpaired) electrons. The molecule has 0 aliphatic carbocycles. The van der Waals surface area contributed by atoms with Crippen molar-refractivity contribution >= 4 is 60.2 Å². The number of rotatable bonds is 8. The van der Waals surface area contributed by atoms with Gasteiger partial charge in [0.1, 0.15) is 0 Å². The molecule has 0 spiro atoms. The topological polar surface area (TPSA) is 3.24 Å². The minimum atomic E-state index is 1.08. The Kier molecular flexibility index (Phi) is 9.58. The maximum atomic E-state index is 2.42. The molecule has 0 fully saturated rings. The Balaban J connectivity index is 1.05. The number of anilines is 3. The monoisotopic (exact) mass is 825 g/mol. The molecular formula is C64H43N. The Hall–Kier alpha value is -8.52. The molecule has 12 aromatic rings. The molecular weight excluding hydrogens is 783 g/mol. The fourth-order valence-electron chi connectivity index (χ4n) is 9.80. The summed E-state index contributed by atoms with van der Waals surface area (Å²) in [4.78, 5) is 2.42. The second kappa shape index (κ2) is 16.3. The zero-order valence-corrected chi connectivity index (χ0v) is 35.8. The van der Waals surface area contributed by atoms with Gasteiger partial charge in [0, 0.05) is 17.1 Å². The van der Waals surface area contributed by atoms with Crippen molar-refractivity contribution in [2.24, 2.45) is 0 Å². The van der Waals surface area contributed by atoms with Crippen molar-refractivity contribution < 1.29 is 0 Å². The second-order valence-electron chi connectivity index (χ2n) is 16.9. The Bertz CT molecular complexity index is 3690. The number of fused-ring (bicyclic) bond motifs is 5. The molecule has 0 unspecified atom stereocenters. The zero-order chi connectivity index (χ0) is 43.1. The highest BCUT2D eigenvalue weighted by molar-refractivity contribution is 6.15. The summed E-state index contributed by atoms with van der Waals surface area (Å²) in [6.07, 6.45) is 0. The van der Waals surface area contributed by atoms with Crippen molar-refractivity contribution in [3.63, 3.8) is 0 Å². The molecule has 0 aliphatic heterocycles. The van der Waals surface area contributed by atoms with Gasteiger partial charge in [0.25, 0.3) is 0 Å². The van der Waals surface area contributed by atoms with E-state index >= 15 is 0 Å². The van der Waals surface area contributed by atoms with E-state index < -0.39 is 0 Å². The molecule has 0 atom stereocenters. The first-order chi connectivity index (χ1) is 32.2. The van der Waals surface area contributed by atoms with Gasteiger partial charge in [-0.05, 0) is 147 Å². The van der Waals surface area contributed by atoms with E-state index in [4.69, 9.17) is 0 Å². The lowest BCUT2D eigenvalue weighted by molar-refractivity contribution is 1.28. The largest absolute Gasteiger partial charge is 0.310 e. The molecule has 0 N–H and O–H groups in total. The predicted octanol–water partition coefficient (Wildman–Crippen LogP) is 18.1. The van der Waals surface area contributed by atoms with Crippen molar-refractivity contribution in [1.29, 1.82) is 0 Å². The van der Waals surface area contributed by atoms with Crippen molar-refractivity contribution in [3.8, 4) is 55.6 Å². The van der Waals surface area contributed by atoms with E-state index in [2.05, 4.69) is 266 Å². The van der Waals surface area contributed by atoms with Crippen molar-refractivity contribution in [2.75, 3.05) is 4.90 Å². The third-order valence-corrected chi connectivity index (χ3v) is 13.0. The maximum absolute atomic E-state index is 2.42. The lowest BCUT2D eigenvalue weighted by Crippen LogP contribution is -2.10. The SMILES string of the molecule is c1ccc(-c2ccc(-c3cccc(N(c4ccc(-c5cccc6ccccc56)cc4)c4ccc(-c5cc6ccccc6c6ccccc56)c(-c5ccc6ccccc6c5)c4)c3)cc2)cc1. The molecule has 0 saturated carbocycles. The first-order valence-electron chi connectivity index (χ1n) is 22.4. The molecule has 12 rings (SSSR count). The summed E-state index contributed by atoms with van der Waals surface area (Å²) in [5, 5.41) is 9.94. The third kappa shape index (κ3) is 7.10. The zero-order valence-electron chi connectivity index (χ0n) is 35.8. The van der Waals surface area contributed by atoms with Gasteiger partial charge >= 0.3 is 0 Å². The maximum Gasteiger partial charge on any atom is 0.0468 e. The van der Waals surface area contributed by atoms with Crippen LogP contribution >= 0.6 is 0 Å². The minimum absolute atomic E-state index is 1.08. The van der Waals surface area contributed by atoms with E-state index in [1.165, 1.54) is 93.2 Å². The van der Waals surface area contributed by atoms with Crippen molar-refractivity contribution in [1.82, 2.24) is 0 Å². The minimum Gasteiger partial charge on any atom is -0.310 e. The van der Waals surface area contributed by atoms with Gasteiger partial charge in [0.2, 0.25) is 0 Å². The smallest absolute Gasteiger partial charge is 0.0468 e. The lowest BCUT2D eigenvalue weighted by atomic mass is 9.88. The summed E-state index contributed by atoms with van der Waals surface area (Å²) < 4.78 is 0. The van der Waals surface area contributed by atoms with Gasteiger partial charge in [-0.1, -0.05) is 212 Å². The molecule has 0 bridgehead atoms. The van der Waals surface area contributed by atoms with Gasteiger partial charge in [-0.15, -0.1) is 0 Å². The van der Waals surface area contributed by atoms with Crippen LogP contribution in [0.2, 0.25) is 0 Å². The van der Waals surface area contributed by atoms with Crippen LogP contribution in [0.1, 0.15) is 0 Å². The van der Waals surface area contributed by atoms with Crippen LogP contribution in [-0.4, -0.2) is 0 Å². The molecule has 0 aromatic heterocycles. The van der Waals surface area contributed by atoms with E-state index in [1.54, 1.807) is 0 Å². The summed E-state index contributed by atoms with van der Waals surface area (Å²) >= 11 is 0. The van der Waals surface area contributed by atoms with Crippen LogP contribution in [-0.2, 0) is 0 Å². The highest BCUT2D eigenvalue weighted by atomic mass is 15.1. The molecule has 65 heavy (non-hydrogen) atoms. The number of benzene rings is 12. The standard InChI is InChI=1S/C64H43N/c1-2-14-44(15-3-1)46-28-30-47(31-29-46)51-21-12-22-55(41-51)65(54-36-34-49(35-37-54)58-27-13-20-48-17-6-8-23-57(48)58)56-38-39-62(63(43-56)53-33-32-45-16-4-5-18-50(45)40-53)64-42-52-19-7-9-24-59(52)60-25-10-11-26-61(60)64/h1-43H. The Morgan fingerprint density at radius 3 is 1.52 bits per heavy atom. The molecule has 304 valence electrons. The average molecular weight is 826 g/mol. The Labute approximate surface area is 379 Å². The van der Waals surface area contributed by atoms with Crippen molar-refractivity contribution in [3.05, 3.63) is 261 Å². The Morgan fingerprint density at radius 2 is 0.723 bits per heavy atom. The van der Waals surface area contributed by atoms with E-state index in [1.807, 2.05) is 0 Å². The first kappa shape index (κ1) is 38.2. The summed E-state index contributed by atoms with van der Waals surface area (Å²) in [6, 6.07) is 95.4. The number of nitrogens with zero attached hydrogens (tertiary/aromatic N) is 1. The molecule has 1 heteroatoms. The van der Waals surface area contributed by atoms with Gasteiger partial charge in [0.05, 0.1) is 0 Å². The molecule has 0 heterocycles. The first-order valence-corrected chi connectivity index (χ1v) is 22.4. The van der Waals surface area contributed by atoms with Crippen LogP contribution in [0, 0.1) is 0 Å². The fraction of sp³-hybridized carbons (Fsp3) is 0. The summed E-state index contributed by atoms with van der Waals surface area (Å²) in [7, 11) is 0. The second-order valence-corrected chi connectivity index (χ2v) is 16.9. The van der Waals surface area contributed by atoms with Crippen LogP contribution in [0.4, 0.5) is 17.1 Å². The van der Waals surface area contributed by atoms with E-state index in [9.17, 15) is 0 Å². The summed E-state index contributed by atoms with van der Waals surface area (Å²) in [5.74, 6) is 0. The predicted molar refractivity (Wildman–Crippen MR) is 278 cm³/mol. The molecule has 0 saturated heterocycles. The molecule has 1 nitrogen and oxygen atoms in total. The van der Waals surface area contributed by atoms with Crippen molar-refractivity contribution in [2.45, 2.75) is 0 Å². The van der Waals surface area contributed by atoms with Crippen LogP contribution in [0.3, 0.4) is 0 Å². The Morgan fingerprint density at radius 1 is 0.185 bits per heavy atom. The van der Waals surface area contributed by atoms with E-state index in [0.29, 0.717) is 0 Å². The van der Waals surface area contributed by atoms with E-state index in [0.717, 1.165) is 22.6 Å². The fourth-order valence-corrected chi connectivity index (χ4v) is 9.80. The third-order valence-electron chi connectivity index (χ3n) is 13.0. The molecule has 0 aliphatic rings. The summed E-state index contributed by atoms with van der Waals surface area (Å²) in [5.41, 5.74) is 15.2. The van der Waals surface area contributed by atoms with Gasteiger partial charge in [-0.2, -0.15) is 0 Å². The molecule has 0 amide bonds. The van der Waals surface area contributed by atoms with Crippen LogP contribution in [0.15, 0.2) is 261 Å². The van der Waals surface area contributed by atoms with Crippen LogP contribution < -0.4 is 4.90 Å². The van der Waals surface area contributed by atoms with Crippen LogP contribution in [0.25, 0.3) is 98.7 Å². The normalized spacial score (nSPS) is 11.4. The average Bonchev–Trinajstić information content (AvgIpc) is 3.39. The summed E-state index contributed by atoms with van der Waals surface area (Å²) in [6.45, 7) is 0. The van der Waals surface area contributed by atoms with Gasteiger partial charge in [-0.3, -0.25) is 0 Å². The number of hydrogen-bond acceptors (Lipinski definition) is 1. The van der Waals surface area contributed by atoms with E-state index in [-0.39, 0.29) is 0 Å². The quantitative estimate of drug-likeness (QED) is 0.138. The van der Waals surface area contributed by atoms with Gasteiger partial charge < -0.3 is 4.90 Å².